The molecule has 2 heteroatoms. The molecule has 2 nitrogen and oxygen atoms in total. The highest BCUT2D eigenvalue weighted by atomic mass is 15.2. The first-order valence-corrected chi connectivity index (χ1v) is 6.93. The number of benzene rings is 1. The van der Waals surface area contributed by atoms with E-state index in [2.05, 4.69) is 56.1 Å². The lowest BCUT2D eigenvalue weighted by Gasteiger charge is -2.35. The molecule has 1 aliphatic heterocycles. The summed E-state index contributed by atoms with van der Waals surface area (Å²) in [6.45, 7) is 11.4. The van der Waals surface area contributed by atoms with Gasteiger partial charge in [0, 0.05) is 17.8 Å². The van der Waals surface area contributed by atoms with Gasteiger partial charge in [-0.15, -0.1) is 0 Å². The van der Waals surface area contributed by atoms with Gasteiger partial charge >= 0.3 is 0 Å². The van der Waals surface area contributed by atoms with Crippen LogP contribution in [-0.4, -0.2) is 25.7 Å². The Balaban J connectivity index is 2.29. The highest BCUT2D eigenvalue weighted by Crippen LogP contribution is 2.38. The second-order valence-electron chi connectivity index (χ2n) is 6.34. The molecular formula is C16H26N2. The normalized spacial score (nSPS) is 22.5. The van der Waals surface area contributed by atoms with Crippen molar-refractivity contribution in [2.24, 2.45) is 5.92 Å². The third kappa shape index (κ3) is 2.54. The first-order valence-electron chi connectivity index (χ1n) is 6.93. The van der Waals surface area contributed by atoms with Gasteiger partial charge in [-0.1, -0.05) is 12.1 Å². The quantitative estimate of drug-likeness (QED) is 0.881. The van der Waals surface area contributed by atoms with Gasteiger partial charge in [0.15, 0.2) is 0 Å². The topological polar surface area (TPSA) is 15.3 Å². The fourth-order valence-corrected chi connectivity index (χ4v) is 3.25. The van der Waals surface area contributed by atoms with Gasteiger partial charge in [0.05, 0.1) is 0 Å². The zero-order chi connectivity index (χ0) is 13.3. The Bertz CT molecular complexity index is 423. The summed E-state index contributed by atoms with van der Waals surface area (Å²) in [6, 6.07) is 6.78. The summed E-state index contributed by atoms with van der Waals surface area (Å²) in [7, 11) is 2.05. The third-order valence-corrected chi connectivity index (χ3v) is 4.11. The molecule has 1 atom stereocenters. The summed E-state index contributed by atoms with van der Waals surface area (Å²) in [6.07, 6.45) is 1.27. The number of nitrogens with zero attached hydrogens (tertiary/aromatic N) is 1. The van der Waals surface area contributed by atoms with Crippen molar-refractivity contribution in [1.29, 1.82) is 0 Å². The van der Waals surface area contributed by atoms with Crippen LogP contribution in [-0.2, 0) is 0 Å². The van der Waals surface area contributed by atoms with Crippen molar-refractivity contribution < 1.29 is 0 Å². The lowest BCUT2D eigenvalue weighted by molar-refractivity contribution is 0.461. The Morgan fingerprint density at radius 3 is 2.72 bits per heavy atom. The van der Waals surface area contributed by atoms with E-state index < -0.39 is 0 Å². The van der Waals surface area contributed by atoms with Gasteiger partial charge in [-0.2, -0.15) is 0 Å². The Morgan fingerprint density at radius 1 is 1.33 bits per heavy atom. The lowest BCUT2D eigenvalue weighted by Crippen LogP contribution is -2.38. The third-order valence-electron chi connectivity index (χ3n) is 4.11. The molecule has 1 aromatic carbocycles. The minimum atomic E-state index is 0.264. The minimum Gasteiger partial charge on any atom is -0.366 e. The predicted octanol–water partition coefficient (Wildman–Crippen LogP) is 3.13. The molecule has 1 N–H and O–H groups in total. The number of nitrogens with one attached hydrogen (secondary N) is 1. The van der Waals surface area contributed by atoms with Crippen LogP contribution < -0.4 is 10.2 Å². The van der Waals surface area contributed by atoms with Crippen LogP contribution in [0.15, 0.2) is 18.2 Å². The van der Waals surface area contributed by atoms with Crippen LogP contribution >= 0.6 is 0 Å². The molecule has 0 aromatic heterocycles. The van der Waals surface area contributed by atoms with Crippen LogP contribution in [0.3, 0.4) is 0 Å². The van der Waals surface area contributed by atoms with Gasteiger partial charge in [-0.25, -0.2) is 0 Å². The zero-order valence-electron chi connectivity index (χ0n) is 12.4. The van der Waals surface area contributed by atoms with E-state index >= 15 is 0 Å². The lowest BCUT2D eigenvalue weighted by atomic mass is 9.96. The summed E-state index contributed by atoms with van der Waals surface area (Å²) in [4.78, 5) is 2.59. The van der Waals surface area contributed by atoms with Crippen molar-refractivity contribution in [2.75, 3.05) is 25.0 Å². The molecule has 2 rings (SSSR count). The fourth-order valence-electron chi connectivity index (χ4n) is 3.25. The molecule has 1 unspecified atom stereocenters. The summed E-state index contributed by atoms with van der Waals surface area (Å²) in [5.74, 6) is 0.755. The smallest absolute Gasteiger partial charge is 0.0403 e. The van der Waals surface area contributed by atoms with Crippen molar-refractivity contribution in [1.82, 2.24) is 5.32 Å². The molecule has 1 aliphatic rings. The van der Waals surface area contributed by atoms with Crippen molar-refractivity contribution in [3.63, 3.8) is 0 Å². The number of aryl methyl sites for hydroxylation is 2. The van der Waals surface area contributed by atoms with E-state index in [4.69, 9.17) is 0 Å². The molecule has 0 aliphatic carbocycles. The fraction of sp³-hybridized carbons (Fsp3) is 0.625. The largest absolute Gasteiger partial charge is 0.366 e. The molecule has 0 spiro atoms. The standard InChI is InChI=1S/C16H26N2/c1-12-6-7-13(2)15(8-12)18-11-14(10-17-5)9-16(18,3)4/h6-8,14,17H,9-11H2,1-5H3. The van der Waals surface area contributed by atoms with E-state index in [1.54, 1.807) is 0 Å². The maximum absolute atomic E-state index is 3.32. The van der Waals surface area contributed by atoms with Crippen molar-refractivity contribution in [3.05, 3.63) is 29.3 Å². The Kier molecular flexibility index (Phi) is 3.67. The van der Waals surface area contributed by atoms with Crippen LogP contribution in [0.5, 0.6) is 0 Å². The first kappa shape index (κ1) is 13.4. The molecule has 1 fully saturated rings. The van der Waals surface area contributed by atoms with Crippen LogP contribution in [0.2, 0.25) is 0 Å². The van der Waals surface area contributed by atoms with E-state index in [-0.39, 0.29) is 5.54 Å². The number of hydrogen-bond donors (Lipinski definition) is 1. The van der Waals surface area contributed by atoms with Crippen molar-refractivity contribution >= 4 is 5.69 Å². The summed E-state index contributed by atoms with van der Waals surface area (Å²) in [5.41, 5.74) is 4.42. The van der Waals surface area contributed by atoms with E-state index in [0.717, 1.165) is 19.0 Å². The predicted molar refractivity (Wildman–Crippen MR) is 79.4 cm³/mol. The molecule has 0 amide bonds. The molecule has 0 saturated carbocycles. The highest BCUT2D eigenvalue weighted by molar-refractivity contribution is 5.57. The average molecular weight is 246 g/mol. The molecule has 1 heterocycles. The van der Waals surface area contributed by atoms with Crippen LogP contribution in [0.4, 0.5) is 5.69 Å². The molecule has 1 saturated heterocycles. The van der Waals surface area contributed by atoms with Crippen molar-refractivity contribution in [3.8, 4) is 0 Å². The molecular weight excluding hydrogens is 220 g/mol. The summed E-state index contributed by atoms with van der Waals surface area (Å²) in [5, 5.41) is 3.32. The van der Waals surface area contributed by atoms with E-state index in [1.807, 2.05) is 7.05 Å². The van der Waals surface area contributed by atoms with E-state index in [1.165, 1.54) is 23.2 Å². The average Bonchev–Trinajstić information content (AvgIpc) is 2.57. The SMILES string of the molecule is CNCC1CN(c2cc(C)ccc2C)C(C)(C)C1. The van der Waals surface area contributed by atoms with Gasteiger partial charge < -0.3 is 10.2 Å². The summed E-state index contributed by atoms with van der Waals surface area (Å²) >= 11 is 0. The maximum Gasteiger partial charge on any atom is 0.0403 e. The Labute approximate surface area is 111 Å². The molecule has 18 heavy (non-hydrogen) atoms. The highest BCUT2D eigenvalue weighted by Gasteiger charge is 2.38. The zero-order valence-corrected chi connectivity index (χ0v) is 12.4. The van der Waals surface area contributed by atoms with Gasteiger partial charge in [0.2, 0.25) is 0 Å². The molecule has 1 aromatic rings. The number of rotatable bonds is 3. The maximum atomic E-state index is 3.32. The first-order chi connectivity index (χ1) is 8.44. The number of hydrogen-bond acceptors (Lipinski definition) is 2. The second kappa shape index (κ2) is 4.93. The van der Waals surface area contributed by atoms with Gasteiger partial charge in [0.25, 0.3) is 0 Å². The van der Waals surface area contributed by atoms with Crippen molar-refractivity contribution in [2.45, 2.75) is 39.7 Å². The number of anilines is 1. The van der Waals surface area contributed by atoms with E-state index in [0.29, 0.717) is 0 Å². The Hall–Kier alpha value is -1.02. The second-order valence-corrected chi connectivity index (χ2v) is 6.34. The van der Waals surface area contributed by atoms with Gasteiger partial charge in [-0.3, -0.25) is 0 Å². The van der Waals surface area contributed by atoms with Gasteiger partial charge in [0.1, 0.15) is 0 Å². The van der Waals surface area contributed by atoms with E-state index in [9.17, 15) is 0 Å². The van der Waals surface area contributed by atoms with Gasteiger partial charge in [-0.05, 0) is 70.8 Å². The van der Waals surface area contributed by atoms with Crippen LogP contribution in [0, 0.1) is 19.8 Å². The van der Waals surface area contributed by atoms with Crippen LogP contribution in [0.25, 0.3) is 0 Å². The minimum absolute atomic E-state index is 0.264. The molecule has 0 bridgehead atoms. The Morgan fingerprint density at radius 2 is 2.06 bits per heavy atom. The molecule has 0 radical (unpaired) electrons. The monoisotopic (exact) mass is 246 g/mol. The molecule has 100 valence electrons. The van der Waals surface area contributed by atoms with Crippen LogP contribution in [0.1, 0.15) is 31.4 Å². The summed E-state index contributed by atoms with van der Waals surface area (Å²) < 4.78 is 0.